The number of H-pyrrole nitrogens is 1. The highest BCUT2D eigenvalue weighted by Crippen LogP contribution is 2.26. The summed E-state index contributed by atoms with van der Waals surface area (Å²) in [6.07, 6.45) is 6.89. The zero-order valence-corrected chi connectivity index (χ0v) is 21.0. The maximum Gasteiger partial charge on any atom is 0.197 e. The molecular formula is C28H32N4O2S. The molecule has 7 heteroatoms. The highest BCUT2D eigenvalue weighted by Gasteiger charge is 2.23. The van der Waals surface area contributed by atoms with Gasteiger partial charge in [0.15, 0.2) is 5.16 Å². The predicted molar refractivity (Wildman–Crippen MR) is 140 cm³/mol. The number of nitrogens with one attached hydrogen (secondary N) is 1. The highest BCUT2D eigenvalue weighted by atomic mass is 32.2. The molecule has 0 bridgehead atoms. The molecule has 1 fully saturated rings. The maximum absolute atomic E-state index is 13.0. The summed E-state index contributed by atoms with van der Waals surface area (Å²) in [7, 11) is -1.32. The predicted octanol–water partition coefficient (Wildman–Crippen LogP) is 5.40. The molecule has 0 radical (unpaired) electrons. The van der Waals surface area contributed by atoms with Crippen LogP contribution in [0.25, 0.3) is 11.0 Å². The first-order chi connectivity index (χ1) is 17.2. The molecule has 0 aliphatic heterocycles. The Morgan fingerprint density at radius 3 is 2.63 bits per heavy atom. The molecule has 4 aromatic rings. The topological polar surface area (TPSA) is 71.1 Å². The Hall–Kier alpha value is -3.03. The van der Waals surface area contributed by atoms with Crippen molar-refractivity contribution in [3.63, 3.8) is 0 Å². The third-order valence-corrected chi connectivity index (χ3v) is 7.98. The zero-order chi connectivity index (χ0) is 24.0. The molecule has 1 atom stereocenters. The van der Waals surface area contributed by atoms with Crippen LogP contribution in [0.2, 0.25) is 0 Å². The average Bonchev–Trinajstić information content (AvgIpc) is 3.57. The van der Waals surface area contributed by atoms with Gasteiger partial charge >= 0.3 is 0 Å². The van der Waals surface area contributed by atoms with Crippen molar-refractivity contribution < 1.29 is 8.95 Å². The number of benzene rings is 2. The Kier molecular flexibility index (Phi) is 7.54. The van der Waals surface area contributed by atoms with E-state index in [0.29, 0.717) is 23.6 Å². The van der Waals surface area contributed by atoms with Crippen LogP contribution in [-0.4, -0.2) is 43.3 Å². The summed E-state index contributed by atoms with van der Waals surface area (Å²) >= 11 is 0. The van der Waals surface area contributed by atoms with E-state index in [9.17, 15) is 4.21 Å². The molecule has 0 amide bonds. The second-order valence-electron chi connectivity index (χ2n) is 9.17. The van der Waals surface area contributed by atoms with E-state index in [4.69, 9.17) is 4.74 Å². The van der Waals surface area contributed by atoms with Gasteiger partial charge < -0.3 is 9.72 Å². The number of hydrogen-bond acceptors (Lipinski definition) is 5. The lowest BCUT2D eigenvalue weighted by Crippen LogP contribution is -2.36. The molecule has 1 saturated carbocycles. The monoisotopic (exact) mass is 488 g/mol. The quantitative estimate of drug-likeness (QED) is 0.324. The first kappa shape index (κ1) is 23.7. The summed E-state index contributed by atoms with van der Waals surface area (Å²) in [6.45, 7) is 4.43. The zero-order valence-electron chi connectivity index (χ0n) is 20.2. The number of aromatic amines is 1. The lowest BCUT2D eigenvalue weighted by Gasteiger charge is -2.29. The van der Waals surface area contributed by atoms with Gasteiger partial charge in [-0.1, -0.05) is 55.3 Å². The van der Waals surface area contributed by atoms with E-state index < -0.39 is 10.8 Å². The van der Waals surface area contributed by atoms with Crippen molar-refractivity contribution in [3.05, 3.63) is 83.7 Å². The van der Waals surface area contributed by atoms with E-state index in [1.54, 1.807) is 6.20 Å². The number of ether oxygens (including phenoxy) is 1. The van der Waals surface area contributed by atoms with Gasteiger partial charge in [-0.05, 0) is 43.5 Å². The minimum absolute atomic E-state index is 0.297. The summed E-state index contributed by atoms with van der Waals surface area (Å²) < 4.78 is 19.2. The molecular weight excluding hydrogens is 456 g/mol. The van der Waals surface area contributed by atoms with Crippen LogP contribution in [0.5, 0.6) is 5.75 Å². The van der Waals surface area contributed by atoms with Crippen molar-refractivity contribution in [2.24, 2.45) is 0 Å². The number of rotatable bonds is 10. The lowest BCUT2D eigenvalue weighted by atomic mass is 10.1. The molecule has 2 aromatic heterocycles. The first-order valence-corrected chi connectivity index (χ1v) is 13.7. The minimum atomic E-state index is -1.32. The summed E-state index contributed by atoms with van der Waals surface area (Å²) in [5.74, 6) is 1.10. The molecule has 0 spiro atoms. The van der Waals surface area contributed by atoms with Crippen LogP contribution in [0, 0.1) is 6.92 Å². The van der Waals surface area contributed by atoms with Crippen LogP contribution in [0.3, 0.4) is 0 Å². The SMILES string of the molecule is Cc1c(OCCN(Cc2ccccc2)C2CCCC2)ccnc1CS(=O)c1nc2ccccc2[nH]1. The molecule has 5 rings (SSSR count). The standard InChI is InChI=1S/C28H32N4O2S/c1-21-26(20-35(33)28-30-24-13-7-8-14-25(24)31-28)29-16-15-27(21)34-18-17-32(23-11-5-6-12-23)19-22-9-3-2-4-10-22/h2-4,7-10,13-16,23H,5-6,11-12,17-20H2,1H3,(H,30,31). The van der Waals surface area contributed by atoms with Gasteiger partial charge in [0.05, 0.1) is 33.3 Å². The van der Waals surface area contributed by atoms with Gasteiger partial charge in [0.25, 0.3) is 0 Å². The average molecular weight is 489 g/mol. The van der Waals surface area contributed by atoms with Crippen LogP contribution < -0.4 is 4.74 Å². The Morgan fingerprint density at radius 2 is 1.83 bits per heavy atom. The largest absolute Gasteiger partial charge is 0.492 e. The van der Waals surface area contributed by atoms with Crippen molar-refractivity contribution in [3.8, 4) is 5.75 Å². The molecule has 6 nitrogen and oxygen atoms in total. The number of pyridine rings is 1. The number of hydrogen-bond donors (Lipinski definition) is 1. The second-order valence-corrected chi connectivity index (χ2v) is 10.5. The smallest absolute Gasteiger partial charge is 0.197 e. The van der Waals surface area contributed by atoms with E-state index in [1.807, 2.05) is 37.3 Å². The minimum Gasteiger partial charge on any atom is -0.492 e. The number of imidazole rings is 1. The maximum atomic E-state index is 13.0. The van der Waals surface area contributed by atoms with Crippen molar-refractivity contribution in [1.82, 2.24) is 19.9 Å². The molecule has 2 heterocycles. The fraction of sp³-hybridized carbons (Fsp3) is 0.357. The van der Waals surface area contributed by atoms with Gasteiger partial charge in [0.1, 0.15) is 12.4 Å². The lowest BCUT2D eigenvalue weighted by molar-refractivity contribution is 0.153. The van der Waals surface area contributed by atoms with Crippen LogP contribution in [0.15, 0.2) is 72.0 Å². The molecule has 2 aromatic carbocycles. The highest BCUT2D eigenvalue weighted by molar-refractivity contribution is 7.84. The van der Waals surface area contributed by atoms with Crippen LogP contribution >= 0.6 is 0 Å². The van der Waals surface area contributed by atoms with E-state index in [1.165, 1.54) is 31.2 Å². The molecule has 1 unspecified atom stereocenters. The number of fused-ring (bicyclic) bond motifs is 1. The number of para-hydroxylation sites is 2. The van der Waals surface area contributed by atoms with E-state index >= 15 is 0 Å². The van der Waals surface area contributed by atoms with Crippen molar-refractivity contribution in [2.45, 2.75) is 56.1 Å². The van der Waals surface area contributed by atoms with Gasteiger partial charge in [-0.25, -0.2) is 4.98 Å². The first-order valence-electron chi connectivity index (χ1n) is 12.4. The summed E-state index contributed by atoms with van der Waals surface area (Å²) in [5.41, 5.74) is 4.76. The molecule has 1 aliphatic carbocycles. The van der Waals surface area contributed by atoms with Gasteiger partial charge in [-0.2, -0.15) is 0 Å². The van der Waals surface area contributed by atoms with Gasteiger partial charge in [0.2, 0.25) is 0 Å². The molecule has 35 heavy (non-hydrogen) atoms. The molecule has 1 N–H and O–H groups in total. The normalized spacial score (nSPS) is 15.1. The van der Waals surface area contributed by atoms with Crippen LogP contribution in [0.1, 0.15) is 42.5 Å². The summed E-state index contributed by atoms with van der Waals surface area (Å²) in [5, 5.41) is 0.479. The van der Waals surface area contributed by atoms with Crippen molar-refractivity contribution in [1.29, 1.82) is 0 Å². The second kappa shape index (κ2) is 11.1. The van der Waals surface area contributed by atoms with E-state index in [-0.39, 0.29) is 0 Å². The van der Waals surface area contributed by atoms with E-state index in [0.717, 1.165) is 41.1 Å². The molecule has 1 aliphatic rings. The van der Waals surface area contributed by atoms with Crippen molar-refractivity contribution in [2.75, 3.05) is 13.2 Å². The Morgan fingerprint density at radius 1 is 1.06 bits per heavy atom. The van der Waals surface area contributed by atoms with E-state index in [2.05, 4.69) is 50.2 Å². The fourth-order valence-electron chi connectivity index (χ4n) is 4.84. The number of aromatic nitrogens is 3. The molecule has 0 saturated heterocycles. The fourth-order valence-corrected chi connectivity index (χ4v) is 5.94. The summed E-state index contributed by atoms with van der Waals surface area (Å²) in [6, 6.07) is 20.9. The van der Waals surface area contributed by atoms with Gasteiger partial charge in [-0.15, -0.1) is 0 Å². The molecule has 182 valence electrons. The van der Waals surface area contributed by atoms with Crippen LogP contribution in [-0.2, 0) is 23.1 Å². The van der Waals surface area contributed by atoms with Gasteiger partial charge in [0, 0.05) is 30.9 Å². The Labute approximate surface area is 209 Å². The number of nitrogens with zero attached hydrogens (tertiary/aromatic N) is 3. The van der Waals surface area contributed by atoms with Gasteiger partial charge in [-0.3, -0.25) is 14.1 Å². The van der Waals surface area contributed by atoms with Crippen LogP contribution in [0.4, 0.5) is 0 Å². The Bertz CT molecular complexity index is 1250. The summed E-state index contributed by atoms with van der Waals surface area (Å²) in [4.78, 5) is 14.7. The third-order valence-electron chi connectivity index (χ3n) is 6.82. The third kappa shape index (κ3) is 5.80. The Balaban J connectivity index is 1.22. The van der Waals surface area contributed by atoms with Crippen molar-refractivity contribution >= 4 is 21.8 Å².